The topological polar surface area (TPSA) is 57.8 Å². The maximum Gasteiger partial charge on any atom is 0.271 e. The fourth-order valence-electron chi connectivity index (χ4n) is 2.79. The van der Waals surface area contributed by atoms with E-state index in [9.17, 15) is 4.79 Å². The van der Waals surface area contributed by atoms with Gasteiger partial charge >= 0.3 is 0 Å². The number of thiazole rings is 1. The van der Waals surface area contributed by atoms with Gasteiger partial charge in [-0.25, -0.2) is 4.98 Å². The van der Waals surface area contributed by atoms with Crippen molar-refractivity contribution in [2.24, 2.45) is 0 Å². The zero-order chi connectivity index (χ0) is 17.4. The summed E-state index contributed by atoms with van der Waals surface area (Å²) in [4.78, 5) is 20.2. The number of H-pyrrole nitrogens is 1. The molecule has 0 aliphatic rings. The van der Waals surface area contributed by atoms with Crippen LogP contribution < -0.4 is 5.32 Å². The number of amides is 1. The Bertz CT molecular complexity index is 1040. The highest BCUT2D eigenvalue weighted by atomic mass is 32.1. The number of nitrogens with one attached hydrogen (secondary N) is 2. The lowest BCUT2D eigenvalue weighted by Gasteiger charge is -2.04. The van der Waals surface area contributed by atoms with Crippen LogP contribution in [0, 0.1) is 13.8 Å². The summed E-state index contributed by atoms with van der Waals surface area (Å²) < 4.78 is 0. The van der Waals surface area contributed by atoms with E-state index >= 15 is 0 Å². The van der Waals surface area contributed by atoms with Gasteiger partial charge < -0.3 is 10.3 Å². The lowest BCUT2D eigenvalue weighted by atomic mass is 10.1. The van der Waals surface area contributed by atoms with Crippen LogP contribution >= 0.6 is 22.7 Å². The van der Waals surface area contributed by atoms with Gasteiger partial charge in [0.05, 0.1) is 0 Å². The van der Waals surface area contributed by atoms with Gasteiger partial charge in [0.15, 0.2) is 0 Å². The highest BCUT2D eigenvalue weighted by Gasteiger charge is 2.12. The van der Waals surface area contributed by atoms with Crippen molar-refractivity contribution in [2.75, 3.05) is 0 Å². The molecule has 0 spiro atoms. The monoisotopic (exact) mass is 367 g/mol. The van der Waals surface area contributed by atoms with Crippen LogP contribution in [0.25, 0.3) is 21.5 Å². The molecule has 4 aromatic rings. The molecule has 0 bridgehead atoms. The second-order valence-corrected chi connectivity index (χ2v) is 7.63. The smallest absolute Gasteiger partial charge is 0.271 e. The molecule has 0 atom stereocenters. The second-order valence-electron chi connectivity index (χ2n) is 5.99. The number of carbonyl (C=O) groups excluding carboxylic acids is 1. The number of aryl methyl sites for hydroxylation is 2. The molecule has 2 N–H and O–H groups in total. The van der Waals surface area contributed by atoms with Crippen molar-refractivity contribution in [3.63, 3.8) is 0 Å². The van der Waals surface area contributed by atoms with E-state index in [4.69, 9.17) is 0 Å². The van der Waals surface area contributed by atoms with Crippen molar-refractivity contribution >= 4 is 39.5 Å². The van der Waals surface area contributed by atoms with Crippen LogP contribution in [0.4, 0.5) is 0 Å². The fraction of sp³-hybridized carbons (Fsp3) is 0.158. The lowest BCUT2D eigenvalue weighted by molar-refractivity contribution is 0.0946. The van der Waals surface area contributed by atoms with Crippen LogP contribution in [0.5, 0.6) is 0 Å². The molecule has 0 radical (unpaired) electrons. The molecule has 0 saturated heterocycles. The summed E-state index contributed by atoms with van der Waals surface area (Å²) in [6, 6.07) is 8.25. The molecule has 0 unspecified atom stereocenters. The summed E-state index contributed by atoms with van der Waals surface area (Å²) in [5.41, 5.74) is 6.18. The SMILES string of the molecule is Cc1[nH]c2ccc(CNC(=O)c3csc(-c4ccsc4)n3)cc2c1C. The summed E-state index contributed by atoms with van der Waals surface area (Å²) in [6.45, 7) is 4.67. The quantitative estimate of drug-likeness (QED) is 0.539. The maximum absolute atomic E-state index is 12.4. The van der Waals surface area contributed by atoms with Crippen molar-refractivity contribution in [3.05, 3.63) is 62.9 Å². The van der Waals surface area contributed by atoms with Gasteiger partial charge in [0.25, 0.3) is 5.91 Å². The molecule has 1 amide bonds. The van der Waals surface area contributed by atoms with Gasteiger partial charge in [0.1, 0.15) is 10.7 Å². The van der Waals surface area contributed by atoms with E-state index in [-0.39, 0.29) is 5.91 Å². The van der Waals surface area contributed by atoms with Gasteiger partial charge in [0, 0.05) is 39.5 Å². The van der Waals surface area contributed by atoms with Crippen LogP contribution in [-0.4, -0.2) is 15.9 Å². The van der Waals surface area contributed by atoms with Gasteiger partial charge in [-0.2, -0.15) is 11.3 Å². The summed E-state index contributed by atoms with van der Waals surface area (Å²) in [6.07, 6.45) is 0. The number of nitrogens with zero attached hydrogens (tertiary/aromatic N) is 1. The Morgan fingerprint density at radius 2 is 2.12 bits per heavy atom. The second kappa shape index (κ2) is 6.46. The van der Waals surface area contributed by atoms with Crippen molar-refractivity contribution < 1.29 is 4.79 Å². The van der Waals surface area contributed by atoms with E-state index in [1.165, 1.54) is 28.0 Å². The number of carbonyl (C=O) groups is 1. The molecule has 0 aliphatic heterocycles. The first kappa shape index (κ1) is 16.1. The average Bonchev–Trinajstić information content (AvgIpc) is 3.34. The van der Waals surface area contributed by atoms with E-state index in [1.54, 1.807) is 11.3 Å². The highest BCUT2D eigenvalue weighted by molar-refractivity contribution is 7.14. The van der Waals surface area contributed by atoms with E-state index in [2.05, 4.69) is 41.3 Å². The Hall–Kier alpha value is -2.44. The summed E-state index contributed by atoms with van der Waals surface area (Å²) in [5, 5.41) is 10.9. The van der Waals surface area contributed by atoms with E-state index < -0.39 is 0 Å². The van der Waals surface area contributed by atoms with Gasteiger partial charge in [0.2, 0.25) is 0 Å². The van der Waals surface area contributed by atoms with Crippen LogP contribution in [0.15, 0.2) is 40.4 Å². The zero-order valence-corrected chi connectivity index (χ0v) is 15.6. The number of benzene rings is 1. The van der Waals surface area contributed by atoms with E-state index in [1.807, 2.05) is 28.3 Å². The average molecular weight is 367 g/mol. The predicted molar refractivity (Wildman–Crippen MR) is 104 cm³/mol. The summed E-state index contributed by atoms with van der Waals surface area (Å²) in [7, 11) is 0. The summed E-state index contributed by atoms with van der Waals surface area (Å²) >= 11 is 3.12. The van der Waals surface area contributed by atoms with Gasteiger partial charge in [-0.1, -0.05) is 6.07 Å². The molecule has 1 aromatic carbocycles. The van der Waals surface area contributed by atoms with Crippen LogP contribution in [0.2, 0.25) is 0 Å². The largest absolute Gasteiger partial charge is 0.358 e. The highest BCUT2D eigenvalue weighted by Crippen LogP contribution is 2.26. The molecule has 0 aliphatic carbocycles. The minimum absolute atomic E-state index is 0.139. The number of hydrogen-bond acceptors (Lipinski definition) is 4. The first-order chi connectivity index (χ1) is 12.1. The number of thiophene rings is 1. The molecule has 0 fully saturated rings. The van der Waals surface area contributed by atoms with Gasteiger partial charge in [-0.05, 0) is 48.6 Å². The molecule has 4 nitrogen and oxygen atoms in total. The minimum Gasteiger partial charge on any atom is -0.358 e. The Morgan fingerprint density at radius 1 is 1.24 bits per heavy atom. The standard InChI is InChI=1S/C19H17N3OS2/c1-11-12(2)21-16-4-3-13(7-15(11)16)8-20-18(23)17-10-25-19(22-17)14-5-6-24-9-14/h3-7,9-10,21H,8H2,1-2H3,(H,20,23). The minimum atomic E-state index is -0.139. The van der Waals surface area contributed by atoms with E-state index in [0.29, 0.717) is 12.2 Å². The first-order valence-electron chi connectivity index (χ1n) is 7.96. The Balaban J connectivity index is 1.47. The molecule has 126 valence electrons. The molecule has 0 saturated carbocycles. The maximum atomic E-state index is 12.4. The lowest BCUT2D eigenvalue weighted by Crippen LogP contribution is -2.23. The van der Waals surface area contributed by atoms with Crippen molar-refractivity contribution in [3.8, 4) is 10.6 Å². The van der Waals surface area contributed by atoms with Crippen LogP contribution in [0.3, 0.4) is 0 Å². The number of aromatic nitrogens is 2. The van der Waals surface area contributed by atoms with Crippen LogP contribution in [0.1, 0.15) is 27.3 Å². The van der Waals surface area contributed by atoms with Crippen LogP contribution in [-0.2, 0) is 6.54 Å². The van der Waals surface area contributed by atoms with Crippen molar-refractivity contribution in [1.29, 1.82) is 0 Å². The van der Waals surface area contributed by atoms with Gasteiger partial charge in [-0.3, -0.25) is 4.79 Å². The predicted octanol–water partition coefficient (Wildman–Crippen LogP) is 4.90. The third kappa shape index (κ3) is 3.10. The molecule has 3 heterocycles. The third-order valence-corrected chi connectivity index (χ3v) is 5.91. The summed E-state index contributed by atoms with van der Waals surface area (Å²) in [5.74, 6) is -0.139. The molecule has 6 heteroatoms. The first-order valence-corrected chi connectivity index (χ1v) is 9.78. The molecule has 25 heavy (non-hydrogen) atoms. The molecule has 4 rings (SSSR count). The number of hydrogen-bond donors (Lipinski definition) is 2. The van der Waals surface area contributed by atoms with Crippen molar-refractivity contribution in [2.45, 2.75) is 20.4 Å². The molecular formula is C19H17N3OS2. The Kier molecular flexibility index (Phi) is 4.15. The van der Waals surface area contributed by atoms with Gasteiger partial charge in [-0.15, -0.1) is 11.3 Å². The third-order valence-electron chi connectivity index (χ3n) is 4.33. The Morgan fingerprint density at radius 3 is 2.92 bits per heavy atom. The number of rotatable bonds is 4. The van der Waals surface area contributed by atoms with Crippen molar-refractivity contribution in [1.82, 2.24) is 15.3 Å². The number of aromatic amines is 1. The van der Waals surface area contributed by atoms with E-state index in [0.717, 1.165) is 21.7 Å². The Labute approximate surface area is 153 Å². The molecular weight excluding hydrogens is 350 g/mol. The number of fused-ring (bicyclic) bond motifs is 1. The fourth-order valence-corrected chi connectivity index (χ4v) is 4.30. The normalized spacial score (nSPS) is 11.1. The molecule has 3 aromatic heterocycles. The zero-order valence-electron chi connectivity index (χ0n) is 13.9.